The van der Waals surface area contributed by atoms with Crippen LogP contribution in [0.4, 0.5) is 10.2 Å². The summed E-state index contributed by atoms with van der Waals surface area (Å²) >= 11 is 6.71. The van der Waals surface area contributed by atoms with Gasteiger partial charge in [-0.25, -0.2) is 4.39 Å². The lowest BCUT2D eigenvalue weighted by Gasteiger charge is -2.34. The fourth-order valence-corrected chi connectivity index (χ4v) is 4.65. The van der Waals surface area contributed by atoms with E-state index < -0.39 is 5.82 Å². The Morgan fingerprint density at radius 1 is 1.12 bits per heavy atom. The maximum atomic E-state index is 16.1. The molecule has 3 aromatic carbocycles. The molecule has 0 spiro atoms. The summed E-state index contributed by atoms with van der Waals surface area (Å²) in [6, 6.07) is 15.5. The topological polar surface area (TPSA) is 64.3 Å². The van der Waals surface area contributed by atoms with Crippen LogP contribution in [0.15, 0.2) is 60.7 Å². The number of nitrogens with zero attached hydrogens (tertiary/aromatic N) is 3. The van der Waals surface area contributed by atoms with E-state index >= 15 is 4.39 Å². The van der Waals surface area contributed by atoms with Crippen molar-refractivity contribution < 1.29 is 9.13 Å². The normalized spacial score (nSPS) is 16.1. The number of ether oxygens (including phenoxy) is 1. The predicted molar refractivity (Wildman–Crippen MR) is 128 cm³/mol. The summed E-state index contributed by atoms with van der Waals surface area (Å²) in [4.78, 5) is 11.0. The number of aromatic nitrogens is 2. The molecule has 0 amide bonds. The quantitative estimate of drug-likeness (QED) is 0.426. The third kappa shape index (κ3) is 3.36. The van der Waals surface area contributed by atoms with E-state index in [9.17, 15) is 0 Å². The van der Waals surface area contributed by atoms with Gasteiger partial charge in [-0.3, -0.25) is 0 Å². The van der Waals surface area contributed by atoms with Gasteiger partial charge in [0.05, 0.1) is 12.1 Å². The molecular weight excluding hydrogens is 427 g/mol. The van der Waals surface area contributed by atoms with Gasteiger partial charge in [-0.05, 0) is 28.8 Å². The van der Waals surface area contributed by atoms with Gasteiger partial charge in [0.2, 0.25) is 0 Å². The number of nitrogens with two attached hydrogens (primary N) is 1. The predicted octanol–water partition coefficient (Wildman–Crippen LogP) is 5.34. The van der Waals surface area contributed by atoms with Gasteiger partial charge in [0.1, 0.15) is 11.3 Å². The summed E-state index contributed by atoms with van der Waals surface area (Å²) in [5.41, 5.74) is 7.21. The molecule has 2 N–H and O–H groups in total. The fraction of sp³-hybridized carbons (Fsp3) is 0.200. The van der Waals surface area contributed by atoms with Gasteiger partial charge in [0, 0.05) is 30.1 Å². The second-order valence-electron chi connectivity index (χ2n) is 7.75. The Hall–Kier alpha value is -3.22. The molecule has 1 aromatic heterocycles. The molecule has 0 radical (unpaired) electrons. The van der Waals surface area contributed by atoms with Gasteiger partial charge in [0.25, 0.3) is 0 Å². The maximum Gasteiger partial charge on any atom is 0.318 e. The number of fused-ring (bicyclic) bond motifs is 2. The highest BCUT2D eigenvalue weighted by Crippen LogP contribution is 2.41. The van der Waals surface area contributed by atoms with Crippen LogP contribution in [0.3, 0.4) is 0 Å². The number of rotatable bonds is 4. The number of halogens is 2. The Balaban J connectivity index is 1.79. The van der Waals surface area contributed by atoms with Crippen LogP contribution in [0.25, 0.3) is 32.8 Å². The minimum Gasteiger partial charge on any atom is -0.467 e. The third-order valence-electron chi connectivity index (χ3n) is 5.95. The number of hydrogen-bond acceptors (Lipinski definition) is 5. The smallest absolute Gasteiger partial charge is 0.318 e. The first kappa shape index (κ1) is 20.7. The largest absolute Gasteiger partial charge is 0.467 e. The molecule has 1 atom stereocenters. The van der Waals surface area contributed by atoms with Crippen molar-refractivity contribution in [2.24, 2.45) is 5.73 Å². The van der Waals surface area contributed by atoms with Crippen LogP contribution in [0.2, 0.25) is 5.02 Å². The van der Waals surface area contributed by atoms with Gasteiger partial charge in [0.15, 0.2) is 5.82 Å². The third-order valence-corrected chi connectivity index (χ3v) is 6.24. The van der Waals surface area contributed by atoms with Crippen molar-refractivity contribution >= 4 is 39.1 Å². The summed E-state index contributed by atoms with van der Waals surface area (Å²) in [6.45, 7) is 1.06. The molecule has 0 aliphatic carbocycles. The van der Waals surface area contributed by atoms with Crippen LogP contribution in [0.1, 0.15) is 6.42 Å². The highest BCUT2D eigenvalue weighted by atomic mass is 35.5. The van der Waals surface area contributed by atoms with Crippen LogP contribution >= 0.6 is 11.6 Å². The molecule has 0 saturated heterocycles. The Morgan fingerprint density at radius 2 is 1.94 bits per heavy atom. The molecule has 4 aromatic rings. The van der Waals surface area contributed by atoms with Gasteiger partial charge in [-0.1, -0.05) is 66.2 Å². The number of methoxy groups -OCH3 is 1. The summed E-state index contributed by atoms with van der Waals surface area (Å²) in [6.07, 6.45) is 4.93. The van der Waals surface area contributed by atoms with E-state index in [0.717, 1.165) is 17.2 Å². The minimum atomic E-state index is -0.498. The standard InChI is InChI=1S/C25H22ClFN4O/c1-32-25-29-23-19(24(30-25)31-12-5-4-9-16(31)14-28)13-20(26)21(22(23)27)18-11-6-8-15-7-2-3-10-17(15)18/h2-8,10-11,13,16H,9,12,14,28H2,1H3. The van der Waals surface area contributed by atoms with Crippen molar-refractivity contribution in [2.45, 2.75) is 12.5 Å². The molecule has 0 fully saturated rings. The minimum absolute atomic E-state index is 0.0439. The van der Waals surface area contributed by atoms with Gasteiger partial charge < -0.3 is 15.4 Å². The highest BCUT2D eigenvalue weighted by Gasteiger charge is 2.26. The van der Waals surface area contributed by atoms with Crippen LogP contribution in [0, 0.1) is 5.82 Å². The van der Waals surface area contributed by atoms with Crippen LogP contribution < -0.4 is 15.4 Å². The van der Waals surface area contributed by atoms with Crippen LogP contribution in [-0.2, 0) is 0 Å². The molecule has 1 aliphatic rings. The molecular formula is C25H22ClFN4O. The Kier molecular flexibility index (Phi) is 5.41. The van der Waals surface area contributed by atoms with E-state index in [2.05, 4.69) is 27.0 Å². The van der Waals surface area contributed by atoms with Gasteiger partial charge in [-0.2, -0.15) is 9.97 Å². The van der Waals surface area contributed by atoms with Crippen molar-refractivity contribution in [2.75, 3.05) is 25.1 Å². The van der Waals surface area contributed by atoms with E-state index in [1.54, 1.807) is 6.07 Å². The fourth-order valence-electron chi connectivity index (χ4n) is 4.36. The Morgan fingerprint density at radius 3 is 2.75 bits per heavy atom. The molecule has 162 valence electrons. The first-order chi connectivity index (χ1) is 15.6. The van der Waals surface area contributed by atoms with Crippen LogP contribution in [-0.4, -0.2) is 36.2 Å². The molecule has 5 rings (SSSR count). The summed E-state index contributed by atoms with van der Waals surface area (Å²) < 4.78 is 21.4. The molecule has 5 nitrogen and oxygen atoms in total. The molecule has 32 heavy (non-hydrogen) atoms. The van der Waals surface area contributed by atoms with Gasteiger partial charge >= 0.3 is 6.01 Å². The Bertz CT molecular complexity index is 1350. The zero-order chi connectivity index (χ0) is 22.2. The van der Waals surface area contributed by atoms with Crippen molar-refractivity contribution in [3.63, 3.8) is 0 Å². The molecule has 1 unspecified atom stereocenters. The summed E-state index contributed by atoms with van der Waals surface area (Å²) in [5, 5.41) is 2.76. The molecule has 0 bridgehead atoms. The first-order valence-electron chi connectivity index (χ1n) is 10.5. The second-order valence-corrected chi connectivity index (χ2v) is 8.16. The van der Waals surface area contributed by atoms with E-state index in [1.807, 2.05) is 42.5 Å². The molecule has 2 heterocycles. The zero-order valence-electron chi connectivity index (χ0n) is 17.6. The zero-order valence-corrected chi connectivity index (χ0v) is 18.3. The van der Waals surface area contributed by atoms with E-state index in [-0.39, 0.29) is 17.6 Å². The van der Waals surface area contributed by atoms with Crippen molar-refractivity contribution in [1.82, 2.24) is 9.97 Å². The lowest BCUT2D eigenvalue weighted by atomic mass is 9.96. The number of hydrogen-bond donors (Lipinski definition) is 1. The molecule has 7 heteroatoms. The average molecular weight is 449 g/mol. The lowest BCUT2D eigenvalue weighted by Crippen LogP contribution is -2.43. The van der Waals surface area contributed by atoms with E-state index in [0.29, 0.717) is 40.4 Å². The SMILES string of the molecule is COc1nc(N2CC=CCC2CN)c2cc(Cl)c(-c3cccc4ccccc34)c(F)c2n1. The van der Waals surface area contributed by atoms with Crippen molar-refractivity contribution in [3.05, 3.63) is 71.5 Å². The Labute approximate surface area is 190 Å². The highest BCUT2D eigenvalue weighted by molar-refractivity contribution is 6.35. The molecule has 0 saturated carbocycles. The average Bonchev–Trinajstić information content (AvgIpc) is 2.83. The van der Waals surface area contributed by atoms with Crippen molar-refractivity contribution in [3.8, 4) is 17.1 Å². The van der Waals surface area contributed by atoms with Gasteiger partial charge in [-0.15, -0.1) is 0 Å². The number of anilines is 1. The van der Waals surface area contributed by atoms with Crippen molar-refractivity contribution in [1.29, 1.82) is 0 Å². The van der Waals surface area contributed by atoms with Crippen LogP contribution in [0.5, 0.6) is 6.01 Å². The van der Waals surface area contributed by atoms with E-state index in [1.165, 1.54) is 7.11 Å². The first-order valence-corrected chi connectivity index (χ1v) is 10.8. The summed E-state index contributed by atoms with van der Waals surface area (Å²) in [5.74, 6) is 0.0690. The number of benzene rings is 3. The van der Waals surface area contributed by atoms with E-state index in [4.69, 9.17) is 22.1 Å². The molecule has 1 aliphatic heterocycles. The monoisotopic (exact) mass is 448 g/mol. The second kappa shape index (κ2) is 8.37. The lowest BCUT2D eigenvalue weighted by molar-refractivity contribution is 0.381. The maximum absolute atomic E-state index is 16.1. The summed E-state index contributed by atoms with van der Waals surface area (Å²) in [7, 11) is 1.47.